The summed E-state index contributed by atoms with van der Waals surface area (Å²) < 4.78 is 5.79. The Bertz CT molecular complexity index is 875. The highest BCUT2D eigenvalue weighted by Crippen LogP contribution is 2.37. The molecule has 4 N–H and O–H groups in total. The zero-order valence-corrected chi connectivity index (χ0v) is 14.5. The summed E-state index contributed by atoms with van der Waals surface area (Å²) in [5.74, 6) is -1.53. The van der Waals surface area contributed by atoms with Crippen LogP contribution in [0.1, 0.15) is 57.2 Å². The van der Waals surface area contributed by atoms with Gasteiger partial charge in [-0.3, -0.25) is 9.59 Å². The van der Waals surface area contributed by atoms with Crippen molar-refractivity contribution in [2.45, 2.75) is 32.5 Å². The number of hydrogen-bond donors (Lipinski definition) is 3. The molecule has 0 radical (unpaired) electrons. The van der Waals surface area contributed by atoms with Crippen molar-refractivity contribution >= 4 is 11.6 Å². The average Bonchev–Trinajstić information content (AvgIpc) is 2.62. The van der Waals surface area contributed by atoms with Crippen LogP contribution in [0.5, 0.6) is 11.5 Å². The predicted molar refractivity (Wildman–Crippen MR) is 95.6 cm³/mol. The van der Waals surface area contributed by atoms with Gasteiger partial charge in [0.15, 0.2) is 5.78 Å². The maximum absolute atomic E-state index is 12.8. The summed E-state index contributed by atoms with van der Waals surface area (Å²) in [5.41, 5.74) is 6.26. The van der Waals surface area contributed by atoms with Crippen LogP contribution in [0.25, 0.3) is 0 Å². The van der Waals surface area contributed by atoms with E-state index in [0.717, 1.165) is 12.8 Å². The fourth-order valence-electron chi connectivity index (χ4n) is 3.23. The predicted octanol–water partition coefficient (Wildman–Crippen LogP) is 2.52. The van der Waals surface area contributed by atoms with E-state index < -0.39 is 11.6 Å². The number of ketones is 2. The Morgan fingerprint density at radius 2 is 1.77 bits per heavy atom. The van der Waals surface area contributed by atoms with Crippen molar-refractivity contribution in [3.63, 3.8) is 0 Å². The molecule has 2 aromatic carbocycles. The van der Waals surface area contributed by atoms with Crippen LogP contribution in [0.15, 0.2) is 30.3 Å². The lowest BCUT2D eigenvalue weighted by Gasteiger charge is -2.21. The van der Waals surface area contributed by atoms with Gasteiger partial charge < -0.3 is 20.7 Å². The molecule has 6 heteroatoms. The van der Waals surface area contributed by atoms with E-state index in [2.05, 4.69) is 0 Å². The van der Waals surface area contributed by atoms with Crippen molar-refractivity contribution in [1.29, 1.82) is 0 Å². The van der Waals surface area contributed by atoms with Crippen LogP contribution in [0, 0.1) is 0 Å². The second kappa shape index (κ2) is 7.27. The van der Waals surface area contributed by atoms with Crippen molar-refractivity contribution in [1.82, 2.24) is 0 Å². The molecule has 26 heavy (non-hydrogen) atoms. The Morgan fingerprint density at radius 3 is 2.46 bits per heavy atom. The van der Waals surface area contributed by atoms with Crippen molar-refractivity contribution < 1.29 is 24.5 Å². The summed E-state index contributed by atoms with van der Waals surface area (Å²) in [7, 11) is 0. The normalized spacial score (nSPS) is 14.1. The van der Waals surface area contributed by atoms with E-state index in [1.165, 1.54) is 24.3 Å². The molecule has 1 atom stereocenters. The van der Waals surface area contributed by atoms with Gasteiger partial charge in [-0.05, 0) is 43.1 Å². The van der Waals surface area contributed by atoms with Gasteiger partial charge in [-0.25, -0.2) is 0 Å². The SMILES string of the molecule is CC[C@H](CCN)OCc1cc(O)c2c(c1)C(=O)c1cccc(O)c1C2=O. The highest BCUT2D eigenvalue weighted by molar-refractivity contribution is 6.30. The lowest BCUT2D eigenvalue weighted by molar-refractivity contribution is 0.0341. The number of carbonyl (C=O) groups excluding carboxylic acids is 2. The summed E-state index contributed by atoms with van der Waals surface area (Å²) in [6, 6.07) is 7.33. The number of nitrogens with two attached hydrogens (primary N) is 1. The molecule has 0 heterocycles. The lowest BCUT2D eigenvalue weighted by Crippen LogP contribution is -2.22. The van der Waals surface area contributed by atoms with Gasteiger partial charge in [0.2, 0.25) is 5.78 Å². The summed E-state index contributed by atoms with van der Waals surface area (Å²) in [6.07, 6.45) is 1.52. The van der Waals surface area contributed by atoms with E-state index in [0.29, 0.717) is 12.1 Å². The summed E-state index contributed by atoms with van der Waals surface area (Å²) in [5, 5.41) is 20.3. The molecule has 0 aromatic heterocycles. The average molecular weight is 355 g/mol. The van der Waals surface area contributed by atoms with Crippen LogP contribution in [0.4, 0.5) is 0 Å². The van der Waals surface area contributed by atoms with Gasteiger partial charge in [0.1, 0.15) is 11.5 Å². The third-order valence-corrected chi connectivity index (χ3v) is 4.59. The van der Waals surface area contributed by atoms with Crippen LogP contribution in [0.2, 0.25) is 0 Å². The number of benzene rings is 2. The number of phenolic OH excluding ortho intramolecular Hbond substituents is 2. The molecule has 0 saturated heterocycles. The molecule has 0 spiro atoms. The minimum absolute atomic E-state index is 0.00631. The van der Waals surface area contributed by atoms with Gasteiger partial charge >= 0.3 is 0 Å². The fourth-order valence-corrected chi connectivity index (χ4v) is 3.23. The fraction of sp³-hybridized carbons (Fsp3) is 0.300. The second-order valence-electron chi connectivity index (χ2n) is 6.31. The number of carbonyl (C=O) groups is 2. The summed E-state index contributed by atoms with van der Waals surface area (Å²) in [6.45, 7) is 2.71. The number of hydrogen-bond acceptors (Lipinski definition) is 6. The third kappa shape index (κ3) is 3.09. The number of rotatable bonds is 6. The number of fused-ring (bicyclic) bond motifs is 2. The highest BCUT2D eigenvalue weighted by Gasteiger charge is 2.34. The Labute approximate surface area is 151 Å². The largest absolute Gasteiger partial charge is 0.507 e. The lowest BCUT2D eigenvalue weighted by atomic mass is 9.82. The van der Waals surface area contributed by atoms with Crippen molar-refractivity contribution in [3.05, 3.63) is 58.1 Å². The molecule has 1 aliphatic rings. The molecule has 0 unspecified atom stereocenters. The number of aromatic hydroxyl groups is 2. The first-order chi connectivity index (χ1) is 12.5. The van der Waals surface area contributed by atoms with Crippen LogP contribution >= 0.6 is 0 Å². The molecule has 2 aromatic rings. The maximum atomic E-state index is 12.8. The van der Waals surface area contributed by atoms with Gasteiger partial charge in [0, 0.05) is 11.1 Å². The van der Waals surface area contributed by atoms with E-state index in [-0.39, 0.29) is 46.5 Å². The molecule has 0 bridgehead atoms. The molecular weight excluding hydrogens is 334 g/mol. The minimum Gasteiger partial charge on any atom is -0.507 e. The van der Waals surface area contributed by atoms with Crippen LogP contribution < -0.4 is 5.73 Å². The number of ether oxygens (including phenoxy) is 1. The Balaban J connectivity index is 1.97. The molecule has 0 aliphatic heterocycles. The third-order valence-electron chi connectivity index (χ3n) is 4.59. The van der Waals surface area contributed by atoms with Gasteiger partial charge in [-0.1, -0.05) is 19.1 Å². The molecular formula is C20H21NO5. The standard InChI is InChI=1S/C20H21NO5/c1-2-12(6-7-21)26-10-11-8-14-18(16(23)9-11)20(25)17-13(19(14)24)4-3-5-15(17)22/h3-5,8-9,12,22-23H,2,6-7,10,21H2,1H3/t12-/m1/s1. The van der Waals surface area contributed by atoms with Gasteiger partial charge in [0.05, 0.1) is 23.8 Å². The summed E-state index contributed by atoms with van der Waals surface area (Å²) >= 11 is 0. The van der Waals surface area contributed by atoms with Crippen molar-refractivity contribution in [3.8, 4) is 11.5 Å². The Hall–Kier alpha value is -2.70. The van der Waals surface area contributed by atoms with Gasteiger partial charge in [-0.2, -0.15) is 0 Å². The summed E-state index contributed by atoms with van der Waals surface area (Å²) in [4.78, 5) is 25.5. The van der Waals surface area contributed by atoms with Crippen molar-refractivity contribution in [2.24, 2.45) is 5.73 Å². The zero-order chi connectivity index (χ0) is 18.8. The van der Waals surface area contributed by atoms with E-state index in [9.17, 15) is 19.8 Å². The minimum atomic E-state index is -0.563. The van der Waals surface area contributed by atoms with Crippen molar-refractivity contribution in [2.75, 3.05) is 6.54 Å². The molecule has 0 saturated carbocycles. The van der Waals surface area contributed by atoms with Crippen LogP contribution in [-0.2, 0) is 11.3 Å². The molecule has 136 valence electrons. The first-order valence-corrected chi connectivity index (χ1v) is 8.56. The quantitative estimate of drug-likeness (QED) is 0.627. The number of phenols is 2. The molecule has 0 amide bonds. The molecule has 3 rings (SSSR count). The van der Waals surface area contributed by atoms with E-state index in [1.54, 1.807) is 6.07 Å². The molecule has 1 aliphatic carbocycles. The zero-order valence-electron chi connectivity index (χ0n) is 14.5. The topological polar surface area (TPSA) is 110 Å². The van der Waals surface area contributed by atoms with Crippen LogP contribution in [0.3, 0.4) is 0 Å². The Kier molecular flexibility index (Phi) is 5.06. The Morgan fingerprint density at radius 1 is 1.04 bits per heavy atom. The van der Waals surface area contributed by atoms with E-state index in [1.807, 2.05) is 6.92 Å². The smallest absolute Gasteiger partial charge is 0.201 e. The maximum Gasteiger partial charge on any atom is 0.201 e. The second-order valence-corrected chi connectivity index (χ2v) is 6.31. The molecule has 6 nitrogen and oxygen atoms in total. The van der Waals surface area contributed by atoms with Gasteiger partial charge in [0.25, 0.3) is 0 Å². The monoisotopic (exact) mass is 355 g/mol. The van der Waals surface area contributed by atoms with Crippen LogP contribution in [-0.4, -0.2) is 34.4 Å². The highest BCUT2D eigenvalue weighted by atomic mass is 16.5. The van der Waals surface area contributed by atoms with E-state index >= 15 is 0 Å². The first kappa shape index (κ1) is 18.1. The van der Waals surface area contributed by atoms with Gasteiger partial charge in [-0.15, -0.1) is 0 Å². The van der Waals surface area contributed by atoms with E-state index in [4.69, 9.17) is 10.5 Å². The first-order valence-electron chi connectivity index (χ1n) is 8.56. The molecule has 0 fully saturated rings.